The van der Waals surface area contributed by atoms with Crippen LogP contribution in [0.5, 0.6) is 5.75 Å². The van der Waals surface area contributed by atoms with Crippen molar-refractivity contribution in [2.45, 2.75) is 0 Å². The number of aromatic nitrogens is 4. The molecule has 2 aromatic heterocycles. The Morgan fingerprint density at radius 3 is 2.83 bits per heavy atom. The summed E-state index contributed by atoms with van der Waals surface area (Å²) in [5.74, 6) is 0.799. The molecule has 2 heterocycles. The summed E-state index contributed by atoms with van der Waals surface area (Å²) < 4.78 is 1.61. The third-order valence-electron chi connectivity index (χ3n) is 3.42. The molecule has 0 atom stereocenters. The number of rotatable bonds is 3. The second kappa shape index (κ2) is 5.38. The van der Waals surface area contributed by atoms with Crippen LogP contribution >= 0.6 is 0 Å². The van der Waals surface area contributed by atoms with Crippen LogP contribution in [0, 0.1) is 0 Å². The molecule has 4 aromatic rings. The van der Waals surface area contributed by atoms with Crippen molar-refractivity contribution in [2.75, 3.05) is 5.43 Å². The van der Waals surface area contributed by atoms with E-state index in [2.05, 4.69) is 25.8 Å². The molecule has 7 heteroatoms. The van der Waals surface area contributed by atoms with Gasteiger partial charge in [-0.05, 0) is 17.7 Å². The van der Waals surface area contributed by atoms with Gasteiger partial charge in [0.25, 0.3) is 0 Å². The molecule has 23 heavy (non-hydrogen) atoms. The number of phenols is 1. The van der Waals surface area contributed by atoms with Crippen molar-refractivity contribution >= 4 is 28.5 Å². The quantitative estimate of drug-likeness (QED) is 0.448. The van der Waals surface area contributed by atoms with Crippen LogP contribution in [0.2, 0.25) is 0 Å². The molecule has 0 spiro atoms. The van der Waals surface area contributed by atoms with Gasteiger partial charge in [0.15, 0.2) is 11.5 Å². The van der Waals surface area contributed by atoms with Gasteiger partial charge in [0, 0.05) is 10.8 Å². The first kappa shape index (κ1) is 13.2. The largest absolute Gasteiger partial charge is 0.508 e. The van der Waals surface area contributed by atoms with Crippen LogP contribution in [0.15, 0.2) is 60.0 Å². The van der Waals surface area contributed by atoms with E-state index in [4.69, 9.17) is 0 Å². The number of hydrogen-bond donors (Lipinski definition) is 2. The fourth-order valence-corrected chi connectivity index (χ4v) is 2.38. The molecule has 0 aliphatic heterocycles. The lowest BCUT2D eigenvalue weighted by atomic mass is 10.2. The molecule has 0 radical (unpaired) electrons. The highest BCUT2D eigenvalue weighted by Crippen LogP contribution is 2.23. The maximum atomic E-state index is 9.45. The smallest absolute Gasteiger partial charge is 0.185 e. The fourth-order valence-electron chi connectivity index (χ4n) is 2.38. The summed E-state index contributed by atoms with van der Waals surface area (Å²) in [6, 6.07) is 14.6. The average Bonchev–Trinajstić information content (AvgIpc) is 3.04. The van der Waals surface area contributed by atoms with Crippen molar-refractivity contribution < 1.29 is 5.11 Å². The Bertz CT molecular complexity index is 1020. The highest BCUT2D eigenvalue weighted by atomic mass is 16.3. The number of hydrogen-bond acceptors (Lipinski definition) is 6. The van der Waals surface area contributed by atoms with Crippen LogP contribution in [0.4, 0.5) is 5.82 Å². The van der Waals surface area contributed by atoms with E-state index in [1.54, 1.807) is 35.3 Å². The molecular formula is C16H12N6O. The van der Waals surface area contributed by atoms with Gasteiger partial charge in [0.05, 0.1) is 6.21 Å². The van der Waals surface area contributed by atoms with E-state index in [0.717, 1.165) is 16.3 Å². The van der Waals surface area contributed by atoms with Crippen molar-refractivity contribution in [3.63, 3.8) is 0 Å². The van der Waals surface area contributed by atoms with E-state index in [0.29, 0.717) is 11.5 Å². The Hall–Kier alpha value is -3.48. The van der Waals surface area contributed by atoms with Gasteiger partial charge in [-0.3, -0.25) is 5.43 Å². The van der Waals surface area contributed by atoms with Gasteiger partial charge in [-0.15, -0.1) is 15.3 Å². The average molecular weight is 304 g/mol. The van der Waals surface area contributed by atoms with Crippen LogP contribution in [-0.2, 0) is 0 Å². The lowest BCUT2D eigenvalue weighted by molar-refractivity contribution is 0.475. The summed E-state index contributed by atoms with van der Waals surface area (Å²) in [6.45, 7) is 0. The second-order valence-corrected chi connectivity index (χ2v) is 4.96. The van der Waals surface area contributed by atoms with Crippen molar-refractivity contribution in [2.24, 2.45) is 5.10 Å². The number of anilines is 1. The highest BCUT2D eigenvalue weighted by molar-refractivity contribution is 5.99. The maximum absolute atomic E-state index is 9.45. The van der Waals surface area contributed by atoms with Crippen LogP contribution in [0.25, 0.3) is 16.4 Å². The van der Waals surface area contributed by atoms with Crippen molar-refractivity contribution in [3.8, 4) is 5.75 Å². The number of nitrogens with one attached hydrogen (secondary N) is 1. The van der Waals surface area contributed by atoms with Gasteiger partial charge < -0.3 is 5.11 Å². The van der Waals surface area contributed by atoms with Crippen molar-refractivity contribution in [1.29, 1.82) is 0 Å². The number of fused-ring (bicyclic) bond motifs is 3. The highest BCUT2D eigenvalue weighted by Gasteiger charge is 2.08. The maximum Gasteiger partial charge on any atom is 0.185 e. The van der Waals surface area contributed by atoms with E-state index in [9.17, 15) is 5.11 Å². The van der Waals surface area contributed by atoms with Gasteiger partial charge in [0.2, 0.25) is 0 Å². The van der Waals surface area contributed by atoms with Gasteiger partial charge in [-0.1, -0.05) is 36.4 Å². The standard InChI is InChI=1S/C16H12N6O/c23-12-5-3-4-11(8-12)9-17-19-15-13-6-1-2-7-14(13)16-20-18-10-22(16)21-15/h1-10,23H,(H,19,21). The molecule has 0 saturated heterocycles. The molecule has 0 amide bonds. The summed E-state index contributed by atoms with van der Waals surface area (Å²) >= 11 is 0. The third-order valence-corrected chi connectivity index (χ3v) is 3.42. The Morgan fingerprint density at radius 2 is 1.96 bits per heavy atom. The van der Waals surface area contributed by atoms with E-state index < -0.39 is 0 Å². The first-order chi connectivity index (χ1) is 11.3. The van der Waals surface area contributed by atoms with Crippen molar-refractivity contribution in [1.82, 2.24) is 19.8 Å². The predicted octanol–water partition coefficient (Wildman–Crippen LogP) is 2.43. The SMILES string of the molecule is Oc1cccc(C=NNc2nn3cnnc3c3ccccc23)c1. The second-order valence-electron chi connectivity index (χ2n) is 4.96. The number of benzene rings is 2. The van der Waals surface area contributed by atoms with Gasteiger partial charge in [0.1, 0.15) is 12.1 Å². The van der Waals surface area contributed by atoms with Crippen LogP contribution in [0.3, 0.4) is 0 Å². The Labute approximate surface area is 130 Å². The Balaban J connectivity index is 1.73. The topological polar surface area (TPSA) is 87.7 Å². The molecule has 0 aliphatic carbocycles. The lowest BCUT2D eigenvalue weighted by Crippen LogP contribution is -2.00. The number of hydrazone groups is 1. The van der Waals surface area contributed by atoms with E-state index in [1.165, 1.54) is 0 Å². The molecular weight excluding hydrogens is 292 g/mol. The minimum atomic E-state index is 0.198. The zero-order valence-electron chi connectivity index (χ0n) is 12.0. The first-order valence-electron chi connectivity index (χ1n) is 6.98. The summed E-state index contributed by atoms with van der Waals surface area (Å²) in [6.07, 6.45) is 3.17. The third kappa shape index (κ3) is 2.44. The van der Waals surface area contributed by atoms with Crippen molar-refractivity contribution in [3.05, 3.63) is 60.4 Å². The Kier molecular flexibility index (Phi) is 3.09. The first-order valence-corrected chi connectivity index (χ1v) is 6.98. The summed E-state index contributed by atoms with van der Waals surface area (Å²) in [5.41, 5.74) is 4.42. The zero-order valence-corrected chi connectivity index (χ0v) is 12.0. The molecule has 2 N–H and O–H groups in total. The van der Waals surface area contributed by atoms with Gasteiger partial charge >= 0.3 is 0 Å². The molecule has 7 nitrogen and oxygen atoms in total. The van der Waals surface area contributed by atoms with Gasteiger partial charge in [-0.2, -0.15) is 9.62 Å². The Morgan fingerprint density at radius 1 is 1.09 bits per heavy atom. The van der Waals surface area contributed by atoms with E-state index >= 15 is 0 Å². The molecule has 0 fully saturated rings. The minimum Gasteiger partial charge on any atom is -0.508 e. The normalized spacial score (nSPS) is 11.5. The number of nitrogens with zero attached hydrogens (tertiary/aromatic N) is 5. The molecule has 0 unspecified atom stereocenters. The monoisotopic (exact) mass is 304 g/mol. The molecule has 0 saturated carbocycles. The summed E-state index contributed by atoms with van der Waals surface area (Å²) in [7, 11) is 0. The number of phenolic OH excluding ortho intramolecular Hbond substituents is 1. The van der Waals surface area contributed by atoms with Crippen LogP contribution < -0.4 is 5.43 Å². The molecule has 112 valence electrons. The fraction of sp³-hybridized carbons (Fsp3) is 0. The molecule has 0 aliphatic rings. The van der Waals surface area contributed by atoms with Gasteiger partial charge in [-0.25, -0.2) is 0 Å². The number of aromatic hydroxyl groups is 1. The summed E-state index contributed by atoms with van der Waals surface area (Å²) in [4.78, 5) is 0. The zero-order chi connectivity index (χ0) is 15.6. The molecule has 4 rings (SSSR count). The van der Waals surface area contributed by atoms with Crippen LogP contribution in [0.1, 0.15) is 5.56 Å². The minimum absolute atomic E-state index is 0.198. The van der Waals surface area contributed by atoms with E-state index in [1.807, 2.05) is 30.3 Å². The van der Waals surface area contributed by atoms with E-state index in [-0.39, 0.29) is 5.75 Å². The van der Waals surface area contributed by atoms with Crippen LogP contribution in [-0.4, -0.2) is 31.1 Å². The molecule has 0 bridgehead atoms. The predicted molar refractivity (Wildman–Crippen MR) is 87.6 cm³/mol. The lowest BCUT2D eigenvalue weighted by Gasteiger charge is -2.05. The summed E-state index contributed by atoms with van der Waals surface area (Å²) in [5, 5.41) is 27.9. The molecule has 2 aromatic carbocycles.